The average Bonchev–Trinajstić information content (AvgIpc) is 2.69. The van der Waals surface area contributed by atoms with Gasteiger partial charge in [-0.2, -0.15) is 0 Å². The third-order valence-electron chi connectivity index (χ3n) is 4.87. The van der Waals surface area contributed by atoms with Gasteiger partial charge in [-0.1, -0.05) is 45.0 Å². The molecule has 0 saturated heterocycles. The number of hydrogen-bond donors (Lipinski definition) is 3. The van der Waals surface area contributed by atoms with E-state index in [4.69, 9.17) is 0 Å². The third-order valence-corrected chi connectivity index (χ3v) is 4.87. The second-order valence-corrected chi connectivity index (χ2v) is 8.49. The van der Waals surface area contributed by atoms with E-state index in [2.05, 4.69) is 54.9 Å². The molecule has 0 radical (unpaired) electrons. The summed E-state index contributed by atoms with van der Waals surface area (Å²) in [4.78, 5) is 24.7. The summed E-state index contributed by atoms with van der Waals surface area (Å²) in [6.07, 6.45) is 1.01. The summed E-state index contributed by atoms with van der Waals surface area (Å²) in [6.45, 7) is 8.25. The van der Waals surface area contributed by atoms with Gasteiger partial charge in [0.15, 0.2) is 0 Å². The predicted molar refractivity (Wildman–Crippen MR) is 111 cm³/mol. The van der Waals surface area contributed by atoms with Crippen molar-refractivity contribution in [1.29, 1.82) is 0 Å². The third kappa shape index (κ3) is 5.20. The summed E-state index contributed by atoms with van der Waals surface area (Å²) >= 11 is 0. The molecular formula is C23H29N3O2. The fraction of sp³-hybridized carbons (Fsp3) is 0.391. The standard InChI is InChI=1S/C23H29N3O2/c1-23(2,3)15-26-22(28)18-10-8-17(9-11-18)21(27)25-14-20-19-7-5-4-6-16(19)12-13-24-20/h4-11,20,24H,12-15H2,1-3H3,(H,25,27)(H,26,28). The van der Waals surface area contributed by atoms with Crippen LogP contribution in [-0.4, -0.2) is 31.4 Å². The molecule has 2 aromatic rings. The van der Waals surface area contributed by atoms with Crippen LogP contribution in [0.1, 0.15) is 58.7 Å². The lowest BCUT2D eigenvalue weighted by Crippen LogP contribution is -2.38. The van der Waals surface area contributed by atoms with Crippen LogP contribution in [0.15, 0.2) is 48.5 Å². The highest BCUT2D eigenvalue weighted by Crippen LogP contribution is 2.22. The molecule has 0 bridgehead atoms. The minimum atomic E-state index is -0.133. The maximum absolute atomic E-state index is 12.5. The Morgan fingerprint density at radius 1 is 0.964 bits per heavy atom. The van der Waals surface area contributed by atoms with Crippen LogP contribution in [0.5, 0.6) is 0 Å². The van der Waals surface area contributed by atoms with E-state index in [-0.39, 0.29) is 23.3 Å². The Hall–Kier alpha value is -2.66. The lowest BCUT2D eigenvalue weighted by atomic mass is 9.94. The number of carbonyl (C=O) groups excluding carboxylic acids is 2. The summed E-state index contributed by atoms with van der Waals surface area (Å²) in [7, 11) is 0. The SMILES string of the molecule is CC(C)(C)CNC(=O)c1ccc(C(=O)NCC2NCCc3ccccc32)cc1. The molecule has 3 rings (SSSR count). The zero-order chi connectivity index (χ0) is 20.1. The summed E-state index contributed by atoms with van der Waals surface area (Å²) in [5.41, 5.74) is 3.73. The molecule has 5 heteroatoms. The van der Waals surface area contributed by atoms with Gasteiger partial charge >= 0.3 is 0 Å². The van der Waals surface area contributed by atoms with Gasteiger partial charge in [-0.25, -0.2) is 0 Å². The lowest BCUT2D eigenvalue weighted by molar-refractivity contribution is 0.0931. The van der Waals surface area contributed by atoms with Gasteiger partial charge in [-0.3, -0.25) is 9.59 Å². The summed E-state index contributed by atoms with van der Waals surface area (Å²) in [6, 6.07) is 15.3. The van der Waals surface area contributed by atoms with Crippen molar-refractivity contribution in [3.05, 3.63) is 70.8 Å². The van der Waals surface area contributed by atoms with Crippen LogP contribution in [0, 0.1) is 5.41 Å². The molecule has 0 aliphatic carbocycles. The Kier molecular flexibility index (Phi) is 6.15. The number of rotatable bonds is 5. The minimum absolute atomic E-state index is 0.0290. The van der Waals surface area contributed by atoms with Crippen LogP contribution in [-0.2, 0) is 6.42 Å². The molecule has 0 saturated carbocycles. The second kappa shape index (κ2) is 8.57. The highest BCUT2D eigenvalue weighted by atomic mass is 16.2. The van der Waals surface area contributed by atoms with Gasteiger partial charge in [0, 0.05) is 30.3 Å². The molecular weight excluding hydrogens is 350 g/mol. The Balaban J connectivity index is 1.56. The Bertz CT molecular complexity index is 838. The van der Waals surface area contributed by atoms with Crippen LogP contribution in [0.2, 0.25) is 0 Å². The molecule has 1 atom stereocenters. The van der Waals surface area contributed by atoms with E-state index in [0.29, 0.717) is 24.2 Å². The van der Waals surface area contributed by atoms with Crippen LogP contribution in [0.25, 0.3) is 0 Å². The van der Waals surface area contributed by atoms with E-state index >= 15 is 0 Å². The van der Waals surface area contributed by atoms with Crippen LogP contribution < -0.4 is 16.0 Å². The molecule has 28 heavy (non-hydrogen) atoms. The first-order valence-electron chi connectivity index (χ1n) is 9.81. The molecule has 5 nitrogen and oxygen atoms in total. The van der Waals surface area contributed by atoms with Crippen molar-refractivity contribution < 1.29 is 9.59 Å². The molecule has 0 fully saturated rings. The predicted octanol–water partition coefficient (Wildman–Crippen LogP) is 3.08. The van der Waals surface area contributed by atoms with Crippen molar-refractivity contribution >= 4 is 11.8 Å². The van der Waals surface area contributed by atoms with Gasteiger partial charge in [0.2, 0.25) is 0 Å². The second-order valence-electron chi connectivity index (χ2n) is 8.49. The van der Waals surface area contributed by atoms with Crippen molar-refractivity contribution in [2.75, 3.05) is 19.6 Å². The number of benzene rings is 2. The number of nitrogens with one attached hydrogen (secondary N) is 3. The first-order chi connectivity index (χ1) is 13.3. The average molecular weight is 380 g/mol. The van der Waals surface area contributed by atoms with E-state index in [1.807, 2.05) is 6.07 Å². The van der Waals surface area contributed by atoms with Crippen molar-refractivity contribution in [1.82, 2.24) is 16.0 Å². The van der Waals surface area contributed by atoms with E-state index < -0.39 is 0 Å². The van der Waals surface area contributed by atoms with Crippen molar-refractivity contribution in [3.8, 4) is 0 Å². The molecule has 3 N–H and O–H groups in total. The van der Waals surface area contributed by atoms with Gasteiger partial charge in [0.1, 0.15) is 0 Å². The number of carbonyl (C=O) groups is 2. The van der Waals surface area contributed by atoms with E-state index in [1.54, 1.807) is 24.3 Å². The molecule has 2 aromatic carbocycles. The van der Waals surface area contributed by atoms with Gasteiger partial charge in [-0.05, 0) is 53.8 Å². The molecule has 1 aliphatic rings. The number of fused-ring (bicyclic) bond motifs is 1. The maximum Gasteiger partial charge on any atom is 0.251 e. The van der Waals surface area contributed by atoms with Crippen LogP contribution in [0.4, 0.5) is 0 Å². The molecule has 0 aromatic heterocycles. The molecule has 148 valence electrons. The van der Waals surface area contributed by atoms with E-state index in [0.717, 1.165) is 13.0 Å². The molecule has 0 spiro atoms. The van der Waals surface area contributed by atoms with Crippen molar-refractivity contribution in [3.63, 3.8) is 0 Å². The molecule has 1 heterocycles. The largest absolute Gasteiger partial charge is 0.352 e. The first kappa shape index (κ1) is 20.1. The van der Waals surface area contributed by atoms with Crippen molar-refractivity contribution in [2.24, 2.45) is 5.41 Å². The smallest absolute Gasteiger partial charge is 0.251 e. The summed E-state index contributed by atoms with van der Waals surface area (Å²) in [5, 5.41) is 9.38. The Morgan fingerprint density at radius 3 is 2.21 bits per heavy atom. The fourth-order valence-electron chi connectivity index (χ4n) is 3.29. The first-order valence-corrected chi connectivity index (χ1v) is 9.81. The van der Waals surface area contributed by atoms with E-state index in [9.17, 15) is 9.59 Å². The minimum Gasteiger partial charge on any atom is -0.352 e. The number of amides is 2. The van der Waals surface area contributed by atoms with Crippen molar-refractivity contribution in [2.45, 2.75) is 33.2 Å². The summed E-state index contributed by atoms with van der Waals surface area (Å²) in [5.74, 6) is -0.253. The Morgan fingerprint density at radius 2 is 1.57 bits per heavy atom. The quantitative estimate of drug-likeness (QED) is 0.748. The maximum atomic E-state index is 12.5. The summed E-state index contributed by atoms with van der Waals surface area (Å²) < 4.78 is 0. The number of hydrogen-bond acceptors (Lipinski definition) is 3. The molecule has 1 aliphatic heterocycles. The van der Waals surface area contributed by atoms with Gasteiger partial charge < -0.3 is 16.0 Å². The van der Waals surface area contributed by atoms with E-state index in [1.165, 1.54) is 11.1 Å². The zero-order valence-electron chi connectivity index (χ0n) is 16.8. The lowest BCUT2D eigenvalue weighted by Gasteiger charge is -2.27. The fourth-order valence-corrected chi connectivity index (χ4v) is 3.29. The van der Waals surface area contributed by atoms with Gasteiger partial charge in [0.05, 0.1) is 0 Å². The highest BCUT2D eigenvalue weighted by Gasteiger charge is 2.20. The monoisotopic (exact) mass is 379 g/mol. The topological polar surface area (TPSA) is 70.2 Å². The van der Waals surface area contributed by atoms with Gasteiger partial charge in [-0.15, -0.1) is 0 Å². The normalized spacial score (nSPS) is 16.2. The highest BCUT2D eigenvalue weighted by molar-refractivity contribution is 5.97. The molecule has 1 unspecified atom stereocenters. The zero-order valence-corrected chi connectivity index (χ0v) is 16.8. The van der Waals surface area contributed by atoms with Gasteiger partial charge in [0.25, 0.3) is 11.8 Å². The van der Waals surface area contributed by atoms with Crippen LogP contribution in [0.3, 0.4) is 0 Å². The Labute approximate surface area is 166 Å². The molecule has 2 amide bonds. The van der Waals surface area contributed by atoms with Crippen LogP contribution >= 0.6 is 0 Å².